The second-order valence-corrected chi connectivity index (χ2v) is 4.20. The van der Waals surface area contributed by atoms with Crippen LogP contribution >= 0.6 is 0 Å². The summed E-state index contributed by atoms with van der Waals surface area (Å²) in [5.74, 6) is 1.02. The van der Waals surface area contributed by atoms with Crippen LogP contribution in [0.15, 0.2) is 40.1 Å². The number of furan rings is 1. The second kappa shape index (κ2) is 5.48. The molecular formula is C14H15N3O2. The summed E-state index contributed by atoms with van der Waals surface area (Å²) in [6.45, 7) is 5.37. The predicted molar refractivity (Wildman–Crippen MR) is 72.1 cm³/mol. The molecule has 0 bridgehead atoms. The van der Waals surface area contributed by atoms with Crippen LogP contribution in [0.4, 0.5) is 0 Å². The van der Waals surface area contributed by atoms with Gasteiger partial charge >= 0.3 is 0 Å². The number of amides is 1. The van der Waals surface area contributed by atoms with Gasteiger partial charge in [0.25, 0.3) is 5.91 Å². The van der Waals surface area contributed by atoms with Crippen LogP contribution in [-0.4, -0.2) is 16.6 Å². The smallest absolute Gasteiger partial charge is 0.274 e. The van der Waals surface area contributed by atoms with E-state index in [2.05, 4.69) is 15.5 Å². The van der Waals surface area contributed by atoms with Gasteiger partial charge in [-0.05, 0) is 39.0 Å². The lowest BCUT2D eigenvalue weighted by atomic mass is 10.2. The van der Waals surface area contributed by atoms with E-state index in [9.17, 15) is 4.79 Å². The molecule has 0 saturated carbocycles. The molecule has 2 aromatic rings. The highest BCUT2D eigenvalue weighted by Gasteiger charge is 2.12. The van der Waals surface area contributed by atoms with Gasteiger partial charge in [0.2, 0.25) is 0 Å². The van der Waals surface area contributed by atoms with Crippen LogP contribution < -0.4 is 5.43 Å². The Hall–Kier alpha value is -2.43. The third kappa shape index (κ3) is 3.07. The number of rotatable bonds is 3. The lowest BCUT2D eigenvalue weighted by Gasteiger charge is -2.01. The largest absolute Gasteiger partial charge is 0.466 e. The summed E-state index contributed by atoms with van der Waals surface area (Å²) in [6, 6.07) is 5.36. The Labute approximate surface area is 111 Å². The summed E-state index contributed by atoms with van der Waals surface area (Å²) < 4.78 is 5.31. The number of nitrogens with zero attached hydrogens (tertiary/aromatic N) is 2. The summed E-state index contributed by atoms with van der Waals surface area (Å²) in [7, 11) is 0. The number of hydrazone groups is 1. The number of hydrogen-bond donors (Lipinski definition) is 1. The molecule has 0 atom stereocenters. The van der Waals surface area contributed by atoms with E-state index in [1.54, 1.807) is 32.3 Å². The highest BCUT2D eigenvalue weighted by molar-refractivity contribution is 6.01. The van der Waals surface area contributed by atoms with Gasteiger partial charge in [0.05, 0.1) is 11.3 Å². The van der Waals surface area contributed by atoms with E-state index < -0.39 is 0 Å². The molecule has 1 N–H and O–H groups in total. The van der Waals surface area contributed by atoms with E-state index in [-0.39, 0.29) is 5.91 Å². The monoisotopic (exact) mass is 257 g/mol. The Morgan fingerprint density at radius 3 is 2.58 bits per heavy atom. The molecule has 0 aromatic carbocycles. The molecule has 5 nitrogen and oxygen atoms in total. The number of nitrogens with one attached hydrogen (secondary N) is 1. The summed E-state index contributed by atoms with van der Waals surface area (Å²) >= 11 is 0. The van der Waals surface area contributed by atoms with Gasteiger partial charge in [-0.15, -0.1) is 0 Å². The van der Waals surface area contributed by atoms with E-state index in [4.69, 9.17) is 4.42 Å². The van der Waals surface area contributed by atoms with E-state index in [0.29, 0.717) is 22.8 Å². The molecule has 1 amide bonds. The quantitative estimate of drug-likeness (QED) is 0.678. The number of pyridine rings is 1. The molecule has 0 aliphatic heterocycles. The summed E-state index contributed by atoms with van der Waals surface area (Å²) in [6.07, 6.45) is 3.36. The molecule has 5 heteroatoms. The van der Waals surface area contributed by atoms with Crippen molar-refractivity contribution < 1.29 is 9.21 Å². The molecule has 2 heterocycles. The number of carbonyl (C=O) groups excluding carboxylic acids is 1. The third-order valence-electron chi connectivity index (χ3n) is 2.71. The lowest BCUT2D eigenvalue weighted by molar-refractivity contribution is 0.0953. The van der Waals surface area contributed by atoms with E-state index in [1.807, 2.05) is 19.1 Å². The topological polar surface area (TPSA) is 67.5 Å². The molecule has 0 unspecified atom stereocenters. The third-order valence-corrected chi connectivity index (χ3v) is 2.71. The van der Waals surface area contributed by atoms with Crippen LogP contribution in [0.3, 0.4) is 0 Å². The van der Waals surface area contributed by atoms with Crippen molar-refractivity contribution in [3.63, 3.8) is 0 Å². The van der Waals surface area contributed by atoms with Crippen molar-refractivity contribution >= 4 is 11.6 Å². The summed E-state index contributed by atoms with van der Waals surface area (Å²) in [5.41, 5.74) is 4.65. The van der Waals surface area contributed by atoms with Crippen LogP contribution in [0.5, 0.6) is 0 Å². The number of aromatic nitrogens is 1. The molecule has 0 spiro atoms. The first kappa shape index (κ1) is 13.0. The van der Waals surface area contributed by atoms with E-state index in [1.165, 1.54) is 0 Å². The predicted octanol–water partition coefficient (Wildman–Crippen LogP) is 2.45. The molecule has 0 saturated heterocycles. The van der Waals surface area contributed by atoms with Gasteiger partial charge in [0, 0.05) is 18.0 Å². The molecule has 0 fully saturated rings. The first-order valence-corrected chi connectivity index (χ1v) is 5.90. The molecule has 0 aliphatic rings. The van der Waals surface area contributed by atoms with Crippen LogP contribution in [0.2, 0.25) is 0 Å². The summed E-state index contributed by atoms with van der Waals surface area (Å²) in [5, 5.41) is 4.07. The zero-order valence-electron chi connectivity index (χ0n) is 11.1. The van der Waals surface area contributed by atoms with Gasteiger partial charge in [0.1, 0.15) is 11.5 Å². The zero-order chi connectivity index (χ0) is 13.8. The molecular weight excluding hydrogens is 242 g/mol. The van der Waals surface area contributed by atoms with Crippen molar-refractivity contribution in [1.29, 1.82) is 0 Å². The van der Waals surface area contributed by atoms with Crippen molar-refractivity contribution in [3.8, 4) is 0 Å². The average molecular weight is 257 g/mol. The van der Waals surface area contributed by atoms with Gasteiger partial charge in [-0.25, -0.2) is 5.43 Å². The highest BCUT2D eigenvalue weighted by atomic mass is 16.3. The van der Waals surface area contributed by atoms with Crippen LogP contribution in [0.25, 0.3) is 0 Å². The van der Waals surface area contributed by atoms with Crippen molar-refractivity contribution in [1.82, 2.24) is 10.4 Å². The van der Waals surface area contributed by atoms with Crippen molar-refractivity contribution in [2.24, 2.45) is 5.10 Å². The Kier molecular flexibility index (Phi) is 3.75. The maximum atomic E-state index is 11.9. The normalized spacial score (nSPS) is 11.4. The number of hydrogen-bond acceptors (Lipinski definition) is 4. The Bertz CT molecular complexity index is 615. The molecule has 0 aliphatic carbocycles. The summed E-state index contributed by atoms with van der Waals surface area (Å²) in [4.78, 5) is 15.9. The molecule has 0 radical (unpaired) electrons. The van der Waals surface area contributed by atoms with Gasteiger partial charge in [0.15, 0.2) is 0 Å². The minimum Gasteiger partial charge on any atom is -0.466 e. The molecule has 19 heavy (non-hydrogen) atoms. The maximum Gasteiger partial charge on any atom is 0.274 e. The fraction of sp³-hybridized carbons (Fsp3) is 0.214. The van der Waals surface area contributed by atoms with Crippen LogP contribution in [0.1, 0.15) is 34.4 Å². The van der Waals surface area contributed by atoms with Crippen LogP contribution in [0, 0.1) is 13.8 Å². The minimum absolute atomic E-state index is 0.275. The number of aryl methyl sites for hydroxylation is 2. The maximum absolute atomic E-state index is 11.9. The molecule has 2 aromatic heterocycles. The first-order valence-electron chi connectivity index (χ1n) is 5.90. The fourth-order valence-electron chi connectivity index (χ4n) is 1.71. The minimum atomic E-state index is -0.275. The van der Waals surface area contributed by atoms with Crippen molar-refractivity contribution in [2.75, 3.05) is 0 Å². The van der Waals surface area contributed by atoms with Gasteiger partial charge in [-0.1, -0.05) is 0 Å². The van der Waals surface area contributed by atoms with Gasteiger partial charge < -0.3 is 4.42 Å². The SMILES string of the molecule is CC(=NNC(=O)c1cc(C)oc1C)c1ccncc1. The Balaban J connectivity index is 2.10. The zero-order valence-corrected chi connectivity index (χ0v) is 11.1. The Morgan fingerprint density at radius 1 is 1.32 bits per heavy atom. The van der Waals surface area contributed by atoms with Crippen LogP contribution in [-0.2, 0) is 0 Å². The van der Waals surface area contributed by atoms with Crippen molar-refractivity contribution in [2.45, 2.75) is 20.8 Å². The second-order valence-electron chi connectivity index (χ2n) is 4.20. The van der Waals surface area contributed by atoms with Gasteiger partial charge in [-0.3, -0.25) is 9.78 Å². The lowest BCUT2D eigenvalue weighted by Crippen LogP contribution is -2.19. The fourth-order valence-corrected chi connectivity index (χ4v) is 1.71. The first-order chi connectivity index (χ1) is 9.08. The molecule has 98 valence electrons. The van der Waals surface area contributed by atoms with E-state index in [0.717, 1.165) is 5.56 Å². The Morgan fingerprint density at radius 2 is 2.00 bits per heavy atom. The molecule has 2 rings (SSSR count). The standard InChI is InChI=1S/C14H15N3O2/c1-9-8-13(11(3)19-9)14(18)17-16-10(2)12-4-6-15-7-5-12/h4-8H,1-3H3,(H,17,18). The van der Waals surface area contributed by atoms with E-state index >= 15 is 0 Å². The number of carbonyl (C=O) groups is 1. The van der Waals surface area contributed by atoms with Gasteiger partial charge in [-0.2, -0.15) is 5.10 Å². The van der Waals surface area contributed by atoms with Crippen molar-refractivity contribution in [3.05, 3.63) is 53.2 Å². The average Bonchev–Trinajstić information content (AvgIpc) is 2.75. The highest BCUT2D eigenvalue weighted by Crippen LogP contribution is 2.13.